The Morgan fingerprint density at radius 2 is 1.91 bits per heavy atom. The van der Waals surface area contributed by atoms with Crippen molar-refractivity contribution in [1.29, 1.82) is 0 Å². The molecule has 2 N–H and O–H groups in total. The monoisotopic (exact) mass is 527 g/mol. The summed E-state index contributed by atoms with van der Waals surface area (Å²) in [6.07, 6.45) is 1.26. The third-order valence-corrected chi connectivity index (χ3v) is 8.45. The largest absolute Gasteiger partial charge is 0.494 e. The van der Waals surface area contributed by atoms with E-state index in [0.29, 0.717) is 46.3 Å². The van der Waals surface area contributed by atoms with Gasteiger partial charge in [0.15, 0.2) is 0 Å². The molecule has 1 aliphatic rings. The second-order valence-electron chi connectivity index (χ2n) is 7.14. The molecule has 33 heavy (non-hydrogen) atoms. The van der Waals surface area contributed by atoms with E-state index in [2.05, 4.69) is 10.3 Å². The van der Waals surface area contributed by atoms with Crippen molar-refractivity contribution in [3.63, 3.8) is 0 Å². The van der Waals surface area contributed by atoms with Crippen molar-refractivity contribution in [2.45, 2.75) is 4.90 Å². The highest BCUT2D eigenvalue weighted by Gasteiger charge is 2.31. The zero-order valence-corrected chi connectivity index (χ0v) is 20.5. The molecule has 2 heterocycles. The van der Waals surface area contributed by atoms with Gasteiger partial charge in [0.25, 0.3) is 0 Å². The fraction of sp³-hybridized carbons (Fsp3) is 0.238. The van der Waals surface area contributed by atoms with Crippen LogP contribution in [0.1, 0.15) is 10.4 Å². The molecule has 1 aromatic heterocycles. The lowest BCUT2D eigenvalue weighted by Crippen LogP contribution is -2.38. The van der Waals surface area contributed by atoms with E-state index in [4.69, 9.17) is 27.9 Å². The van der Waals surface area contributed by atoms with E-state index < -0.39 is 16.0 Å². The standard InChI is InChI=1S/C21H19Cl2N3O5S2/c1-31-17-10-13(23)9-15-19(17)24-11-18(33(29,30)26-4-6-32-7-5-26)20(15)25-16-3-2-12(22)8-14(16)21(27)28/h2-3,8-11H,4-7H2,1H3,(H,24,25)(H,27,28). The maximum atomic E-state index is 13.6. The maximum Gasteiger partial charge on any atom is 0.337 e. The number of pyridine rings is 1. The first-order chi connectivity index (χ1) is 15.7. The summed E-state index contributed by atoms with van der Waals surface area (Å²) in [5, 5.41) is 13.6. The summed E-state index contributed by atoms with van der Waals surface area (Å²) in [6.45, 7) is 0.731. The molecule has 0 saturated carbocycles. The zero-order valence-electron chi connectivity index (χ0n) is 17.3. The molecule has 0 atom stereocenters. The number of nitrogens with zero attached hydrogens (tertiary/aromatic N) is 2. The molecule has 0 spiro atoms. The Labute approximate surface area is 204 Å². The fourth-order valence-corrected chi connectivity index (χ4v) is 6.62. The summed E-state index contributed by atoms with van der Waals surface area (Å²) < 4.78 is 34.0. The normalized spacial score (nSPS) is 14.9. The van der Waals surface area contributed by atoms with Crippen LogP contribution in [0.4, 0.5) is 11.4 Å². The summed E-state index contributed by atoms with van der Waals surface area (Å²) >= 11 is 14.0. The van der Waals surface area contributed by atoms with Crippen LogP contribution in [-0.2, 0) is 10.0 Å². The number of anilines is 2. The van der Waals surface area contributed by atoms with Crippen LogP contribution in [0.15, 0.2) is 41.4 Å². The van der Waals surface area contributed by atoms with Gasteiger partial charge in [-0.25, -0.2) is 13.2 Å². The lowest BCUT2D eigenvalue weighted by atomic mass is 10.1. The van der Waals surface area contributed by atoms with Gasteiger partial charge in [-0.15, -0.1) is 0 Å². The fourth-order valence-electron chi connectivity index (χ4n) is 3.56. The topological polar surface area (TPSA) is 109 Å². The highest BCUT2D eigenvalue weighted by molar-refractivity contribution is 7.99. The number of halogens is 2. The van der Waals surface area contributed by atoms with Crippen molar-refractivity contribution in [3.8, 4) is 5.75 Å². The second kappa shape index (κ2) is 9.55. The van der Waals surface area contributed by atoms with Gasteiger partial charge in [0, 0.05) is 52.3 Å². The molecule has 12 heteroatoms. The van der Waals surface area contributed by atoms with Crippen molar-refractivity contribution in [3.05, 3.63) is 52.1 Å². The van der Waals surface area contributed by atoms with Crippen LogP contribution in [0.3, 0.4) is 0 Å². The molecule has 0 bridgehead atoms. The molecule has 2 aromatic carbocycles. The Kier molecular flexibility index (Phi) is 6.92. The Bertz CT molecular complexity index is 1350. The number of aromatic nitrogens is 1. The van der Waals surface area contributed by atoms with E-state index in [1.54, 1.807) is 23.9 Å². The van der Waals surface area contributed by atoms with Gasteiger partial charge in [-0.1, -0.05) is 23.2 Å². The van der Waals surface area contributed by atoms with Crippen LogP contribution in [0.5, 0.6) is 5.75 Å². The molecule has 1 fully saturated rings. The number of sulfonamides is 1. The second-order valence-corrected chi connectivity index (χ2v) is 11.1. The number of carboxylic acids is 1. The molecular weight excluding hydrogens is 509 g/mol. The van der Waals surface area contributed by atoms with E-state index >= 15 is 0 Å². The van der Waals surface area contributed by atoms with Crippen molar-refractivity contribution in [2.24, 2.45) is 0 Å². The zero-order chi connectivity index (χ0) is 23.8. The molecule has 0 amide bonds. The first-order valence-corrected chi connectivity index (χ1v) is 13.1. The SMILES string of the molecule is COc1cc(Cl)cc2c(Nc3ccc(Cl)cc3C(=O)O)c(S(=O)(=O)N3CCSCC3)cnc12. The highest BCUT2D eigenvalue weighted by Crippen LogP contribution is 2.39. The maximum absolute atomic E-state index is 13.6. The van der Waals surface area contributed by atoms with Crippen LogP contribution in [0.2, 0.25) is 10.0 Å². The third kappa shape index (κ3) is 4.71. The van der Waals surface area contributed by atoms with Crippen molar-refractivity contribution in [1.82, 2.24) is 9.29 Å². The first-order valence-electron chi connectivity index (χ1n) is 9.76. The van der Waals surface area contributed by atoms with E-state index in [1.807, 2.05) is 0 Å². The Hall–Kier alpha value is -2.24. The number of benzene rings is 2. The molecular formula is C21H19Cl2N3O5S2. The van der Waals surface area contributed by atoms with Crippen LogP contribution < -0.4 is 10.1 Å². The van der Waals surface area contributed by atoms with Gasteiger partial charge in [0.2, 0.25) is 10.0 Å². The van der Waals surface area contributed by atoms with Gasteiger partial charge < -0.3 is 15.2 Å². The van der Waals surface area contributed by atoms with Gasteiger partial charge in [-0.2, -0.15) is 16.1 Å². The number of methoxy groups -OCH3 is 1. The Balaban J connectivity index is 1.98. The van der Waals surface area contributed by atoms with E-state index in [-0.39, 0.29) is 26.9 Å². The minimum Gasteiger partial charge on any atom is -0.494 e. The third-order valence-electron chi connectivity index (χ3n) is 5.15. The molecule has 0 aliphatic carbocycles. The first kappa shape index (κ1) is 23.9. The van der Waals surface area contributed by atoms with Gasteiger partial charge in [-0.05, 0) is 24.3 Å². The molecule has 4 rings (SSSR count). The summed E-state index contributed by atoms with van der Waals surface area (Å²) in [4.78, 5) is 16.1. The molecule has 1 saturated heterocycles. The number of carbonyl (C=O) groups is 1. The number of ether oxygens (including phenoxy) is 1. The quantitative estimate of drug-likeness (QED) is 0.473. The van der Waals surface area contributed by atoms with Crippen molar-refractivity contribution < 1.29 is 23.1 Å². The van der Waals surface area contributed by atoms with Gasteiger partial charge in [0.05, 0.1) is 24.0 Å². The van der Waals surface area contributed by atoms with Gasteiger partial charge in [-0.3, -0.25) is 4.98 Å². The van der Waals surface area contributed by atoms with Gasteiger partial charge in [0.1, 0.15) is 16.2 Å². The smallest absolute Gasteiger partial charge is 0.337 e. The van der Waals surface area contributed by atoms with Crippen LogP contribution in [0.25, 0.3) is 10.9 Å². The lowest BCUT2D eigenvalue weighted by Gasteiger charge is -2.27. The molecule has 1 aliphatic heterocycles. The highest BCUT2D eigenvalue weighted by atomic mass is 35.5. The number of carboxylic acid groups (broad SMARTS) is 1. The summed E-state index contributed by atoms with van der Waals surface area (Å²) in [6, 6.07) is 7.42. The lowest BCUT2D eigenvalue weighted by molar-refractivity contribution is 0.0698. The number of hydrogen-bond acceptors (Lipinski definition) is 7. The molecule has 174 valence electrons. The van der Waals surface area contributed by atoms with Gasteiger partial charge >= 0.3 is 5.97 Å². The van der Waals surface area contributed by atoms with E-state index in [1.165, 1.54) is 35.8 Å². The number of fused-ring (bicyclic) bond motifs is 1. The number of nitrogens with one attached hydrogen (secondary N) is 1. The average Bonchev–Trinajstić information content (AvgIpc) is 2.80. The predicted molar refractivity (Wildman–Crippen MR) is 131 cm³/mol. The minimum absolute atomic E-state index is 0.0856. The number of hydrogen-bond donors (Lipinski definition) is 2. The summed E-state index contributed by atoms with van der Waals surface area (Å²) in [7, 11) is -2.48. The van der Waals surface area contributed by atoms with Crippen molar-refractivity contribution >= 4 is 73.2 Å². The molecule has 0 radical (unpaired) electrons. The predicted octanol–water partition coefficient (Wildman–Crippen LogP) is 4.73. The van der Waals surface area contributed by atoms with Crippen molar-refractivity contribution in [2.75, 3.05) is 37.0 Å². The number of rotatable bonds is 6. The van der Waals surface area contributed by atoms with Crippen LogP contribution >= 0.6 is 35.0 Å². The summed E-state index contributed by atoms with van der Waals surface area (Å²) in [5.41, 5.74) is 0.593. The van der Waals surface area contributed by atoms with E-state index in [9.17, 15) is 18.3 Å². The summed E-state index contributed by atoms with van der Waals surface area (Å²) in [5.74, 6) is 0.506. The Morgan fingerprint density at radius 1 is 1.18 bits per heavy atom. The van der Waals surface area contributed by atoms with E-state index in [0.717, 1.165) is 0 Å². The molecule has 8 nitrogen and oxygen atoms in total. The number of aromatic carboxylic acids is 1. The average molecular weight is 528 g/mol. The molecule has 0 unspecified atom stereocenters. The number of thioether (sulfide) groups is 1. The van der Waals surface area contributed by atoms with Crippen LogP contribution in [0, 0.1) is 0 Å². The van der Waals surface area contributed by atoms with Crippen LogP contribution in [-0.4, -0.2) is 60.5 Å². The minimum atomic E-state index is -3.94. The molecule has 3 aromatic rings. The Morgan fingerprint density at radius 3 is 2.58 bits per heavy atom.